The van der Waals surface area contributed by atoms with Gasteiger partial charge in [-0.3, -0.25) is 9.59 Å². The van der Waals surface area contributed by atoms with Gasteiger partial charge >= 0.3 is 0 Å². The van der Waals surface area contributed by atoms with Crippen molar-refractivity contribution in [3.05, 3.63) is 29.8 Å². The van der Waals surface area contributed by atoms with Crippen LogP contribution in [0.15, 0.2) is 24.3 Å². The highest BCUT2D eigenvalue weighted by atomic mass is 16.2. The first kappa shape index (κ1) is 16.5. The molecule has 2 rings (SSSR count). The van der Waals surface area contributed by atoms with Crippen LogP contribution in [0.25, 0.3) is 0 Å². The van der Waals surface area contributed by atoms with E-state index >= 15 is 0 Å². The van der Waals surface area contributed by atoms with Gasteiger partial charge in [-0.1, -0.05) is 44.7 Å². The molecule has 1 aliphatic carbocycles. The molecule has 120 valence electrons. The number of rotatable bonds is 6. The quantitative estimate of drug-likeness (QED) is 0.838. The zero-order valence-electron chi connectivity index (χ0n) is 13.4. The molecule has 1 aromatic carbocycles. The van der Waals surface area contributed by atoms with Gasteiger partial charge in [-0.25, -0.2) is 0 Å². The topological polar surface area (TPSA) is 58.2 Å². The van der Waals surface area contributed by atoms with Crippen LogP contribution in [0.1, 0.15) is 68.6 Å². The Morgan fingerprint density at radius 2 is 1.86 bits per heavy atom. The zero-order chi connectivity index (χ0) is 15.8. The maximum absolute atomic E-state index is 12.5. The molecule has 1 fully saturated rings. The molecule has 0 bridgehead atoms. The molecule has 0 aliphatic heterocycles. The highest BCUT2D eigenvalue weighted by molar-refractivity contribution is 6.03. The molecule has 0 aromatic heterocycles. The summed E-state index contributed by atoms with van der Waals surface area (Å²) in [7, 11) is 0. The Hall–Kier alpha value is -1.84. The van der Waals surface area contributed by atoms with Crippen molar-refractivity contribution in [2.75, 3.05) is 5.32 Å². The Kier molecular flexibility index (Phi) is 6.44. The van der Waals surface area contributed by atoms with Crippen molar-refractivity contribution in [2.45, 2.75) is 64.3 Å². The maximum atomic E-state index is 12.5. The lowest BCUT2D eigenvalue weighted by molar-refractivity contribution is -0.116. The van der Waals surface area contributed by atoms with Crippen LogP contribution in [-0.4, -0.2) is 17.9 Å². The van der Waals surface area contributed by atoms with Crippen LogP contribution in [0.2, 0.25) is 0 Å². The third kappa shape index (κ3) is 4.86. The summed E-state index contributed by atoms with van der Waals surface area (Å²) in [6.07, 6.45) is 8.07. The summed E-state index contributed by atoms with van der Waals surface area (Å²) < 4.78 is 0. The van der Waals surface area contributed by atoms with Gasteiger partial charge in [0.2, 0.25) is 5.91 Å². The molecule has 4 heteroatoms. The van der Waals surface area contributed by atoms with Gasteiger partial charge in [-0.2, -0.15) is 0 Å². The minimum absolute atomic E-state index is 0.0280. The fourth-order valence-corrected chi connectivity index (χ4v) is 2.85. The summed E-state index contributed by atoms with van der Waals surface area (Å²) in [5, 5.41) is 5.97. The molecule has 1 aromatic rings. The molecule has 1 aliphatic rings. The second-order valence-electron chi connectivity index (χ2n) is 6.01. The van der Waals surface area contributed by atoms with Crippen LogP contribution in [0.4, 0.5) is 5.69 Å². The van der Waals surface area contributed by atoms with Crippen molar-refractivity contribution < 1.29 is 9.59 Å². The smallest absolute Gasteiger partial charge is 0.253 e. The number of benzene rings is 1. The van der Waals surface area contributed by atoms with Crippen molar-refractivity contribution in [2.24, 2.45) is 0 Å². The molecule has 0 radical (unpaired) electrons. The molecular formula is C18H26N2O2. The standard InChI is InChI=1S/C18H26N2O2/c1-2-3-13-17(21)20-16-12-8-7-11-15(16)18(22)19-14-9-5-4-6-10-14/h7-8,11-12,14H,2-6,9-10,13H2,1H3,(H,19,22)(H,20,21). The van der Waals surface area contributed by atoms with Gasteiger partial charge in [0.25, 0.3) is 5.91 Å². The van der Waals surface area contributed by atoms with Crippen molar-refractivity contribution in [3.8, 4) is 0 Å². The van der Waals surface area contributed by atoms with E-state index in [0.29, 0.717) is 17.7 Å². The lowest BCUT2D eigenvalue weighted by Crippen LogP contribution is -2.36. The Labute approximate surface area is 132 Å². The summed E-state index contributed by atoms with van der Waals surface area (Å²) in [5.41, 5.74) is 1.16. The summed E-state index contributed by atoms with van der Waals surface area (Å²) in [5.74, 6) is -0.113. The van der Waals surface area contributed by atoms with E-state index < -0.39 is 0 Å². The van der Waals surface area contributed by atoms with Gasteiger partial charge in [0, 0.05) is 12.5 Å². The monoisotopic (exact) mass is 302 g/mol. The van der Waals surface area contributed by atoms with Gasteiger partial charge < -0.3 is 10.6 Å². The molecule has 0 spiro atoms. The lowest BCUT2D eigenvalue weighted by Gasteiger charge is -2.23. The Bertz CT molecular complexity index is 508. The molecule has 2 amide bonds. The van der Waals surface area contributed by atoms with Gasteiger partial charge in [-0.05, 0) is 31.4 Å². The minimum atomic E-state index is -0.0849. The van der Waals surface area contributed by atoms with Crippen molar-refractivity contribution in [1.82, 2.24) is 5.32 Å². The van der Waals surface area contributed by atoms with Crippen LogP contribution in [0, 0.1) is 0 Å². The SMILES string of the molecule is CCCCC(=O)Nc1ccccc1C(=O)NC1CCCCC1. The number of hydrogen-bond donors (Lipinski definition) is 2. The number of para-hydroxylation sites is 1. The largest absolute Gasteiger partial charge is 0.349 e. The molecule has 0 heterocycles. The van der Waals surface area contributed by atoms with Crippen LogP contribution in [-0.2, 0) is 4.79 Å². The van der Waals surface area contributed by atoms with Crippen molar-refractivity contribution in [1.29, 1.82) is 0 Å². The number of hydrogen-bond acceptors (Lipinski definition) is 2. The van der Waals surface area contributed by atoms with Gasteiger partial charge in [0.15, 0.2) is 0 Å². The van der Waals surface area contributed by atoms with Gasteiger partial charge in [0.05, 0.1) is 11.3 Å². The van der Waals surface area contributed by atoms with Crippen molar-refractivity contribution in [3.63, 3.8) is 0 Å². The summed E-state index contributed by atoms with van der Waals surface area (Å²) in [4.78, 5) is 24.4. The minimum Gasteiger partial charge on any atom is -0.349 e. The molecule has 0 unspecified atom stereocenters. The van der Waals surface area contributed by atoms with E-state index in [1.165, 1.54) is 19.3 Å². The third-order valence-corrected chi connectivity index (χ3v) is 4.14. The van der Waals surface area contributed by atoms with Crippen molar-refractivity contribution >= 4 is 17.5 Å². The Balaban J connectivity index is 2.00. The van der Waals surface area contributed by atoms with E-state index in [2.05, 4.69) is 17.6 Å². The molecular weight excluding hydrogens is 276 g/mol. The lowest BCUT2D eigenvalue weighted by atomic mass is 9.95. The molecule has 0 saturated heterocycles. The second kappa shape index (κ2) is 8.57. The second-order valence-corrected chi connectivity index (χ2v) is 6.01. The average Bonchev–Trinajstić information content (AvgIpc) is 2.54. The van der Waals surface area contributed by atoms with E-state index in [4.69, 9.17) is 0 Å². The van der Waals surface area contributed by atoms with E-state index in [1.54, 1.807) is 12.1 Å². The molecule has 4 nitrogen and oxygen atoms in total. The molecule has 0 atom stereocenters. The van der Waals surface area contributed by atoms with Crippen LogP contribution in [0.5, 0.6) is 0 Å². The zero-order valence-corrected chi connectivity index (χ0v) is 13.4. The fourth-order valence-electron chi connectivity index (χ4n) is 2.85. The fraction of sp³-hybridized carbons (Fsp3) is 0.556. The molecule has 22 heavy (non-hydrogen) atoms. The highest BCUT2D eigenvalue weighted by Crippen LogP contribution is 2.20. The summed E-state index contributed by atoms with van der Waals surface area (Å²) in [6.45, 7) is 2.05. The average molecular weight is 302 g/mol. The van der Waals surface area contributed by atoms with Crippen LogP contribution < -0.4 is 10.6 Å². The first-order valence-corrected chi connectivity index (χ1v) is 8.40. The van der Waals surface area contributed by atoms with Gasteiger partial charge in [-0.15, -0.1) is 0 Å². The number of amides is 2. The predicted octanol–water partition coefficient (Wildman–Crippen LogP) is 3.88. The normalized spacial score (nSPS) is 15.3. The first-order valence-electron chi connectivity index (χ1n) is 8.40. The number of carbonyl (C=O) groups is 2. The Morgan fingerprint density at radius 3 is 2.59 bits per heavy atom. The van der Waals surface area contributed by atoms with E-state index in [1.807, 2.05) is 12.1 Å². The van der Waals surface area contributed by atoms with Crippen LogP contribution in [0.3, 0.4) is 0 Å². The number of unbranched alkanes of at least 4 members (excludes halogenated alkanes) is 1. The van der Waals surface area contributed by atoms with E-state index in [0.717, 1.165) is 25.7 Å². The highest BCUT2D eigenvalue weighted by Gasteiger charge is 2.18. The summed E-state index contributed by atoms with van der Waals surface area (Å²) in [6, 6.07) is 7.50. The molecule has 2 N–H and O–H groups in total. The summed E-state index contributed by atoms with van der Waals surface area (Å²) >= 11 is 0. The van der Waals surface area contributed by atoms with E-state index in [9.17, 15) is 9.59 Å². The number of carbonyl (C=O) groups excluding carboxylic acids is 2. The maximum Gasteiger partial charge on any atom is 0.253 e. The first-order chi connectivity index (χ1) is 10.7. The third-order valence-electron chi connectivity index (χ3n) is 4.14. The molecule has 1 saturated carbocycles. The number of anilines is 1. The number of nitrogens with one attached hydrogen (secondary N) is 2. The Morgan fingerprint density at radius 1 is 1.14 bits per heavy atom. The van der Waals surface area contributed by atoms with Crippen LogP contribution >= 0.6 is 0 Å². The van der Waals surface area contributed by atoms with E-state index in [-0.39, 0.29) is 17.9 Å². The van der Waals surface area contributed by atoms with Gasteiger partial charge in [0.1, 0.15) is 0 Å². The predicted molar refractivity (Wildman–Crippen MR) is 88.9 cm³/mol.